The number of benzene rings is 1. The van der Waals surface area contributed by atoms with Gasteiger partial charge in [-0.15, -0.1) is 11.3 Å². The van der Waals surface area contributed by atoms with E-state index in [1.54, 1.807) is 11.3 Å². The summed E-state index contributed by atoms with van der Waals surface area (Å²) in [6, 6.07) is 7.90. The summed E-state index contributed by atoms with van der Waals surface area (Å²) in [5.74, 6) is 0. The van der Waals surface area contributed by atoms with Crippen molar-refractivity contribution in [3.63, 3.8) is 0 Å². The zero-order valence-electron chi connectivity index (χ0n) is 10.2. The van der Waals surface area contributed by atoms with Crippen LogP contribution in [-0.4, -0.2) is 6.54 Å². The predicted octanol–water partition coefficient (Wildman–Crippen LogP) is 5.22. The highest BCUT2D eigenvalue weighted by Crippen LogP contribution is 2.36. The molecule has 1 nitrogen and oxygen atoms in total. The molecule has 0 atom stereocenters. The van der Waals surface area contributed by atoms with E-state index in [9.17, 15) is 0 Å². The van der Waals surface area contributed by atoms with E-state index in [0.29, 0.717) is 0 Å². The van der Waals surface area contributed by atoms with Crippen LogP contribution in [0.3, 0.4) is 0 Å². The maximum Gasteiger partial charge on any atom is 0.0592 e. The number of nitrogens with one attached hydrogen (secondary N) is 1. The highest BCUT2D eigenvalue weighted by atomic mass is 35.5. The molecule has 2 aromatic rings. The molecular formula is C14H15Cl2NS. The minimum atomic E-state index is 0.764. The fourth-order valence-corrected chi connectivity index (χ4v) is 3.23. The Hall–Kier alpha value is -0.540. The second-order valence-electron chi connectivity index (χ2n) is 4.08. The van der Waals surface area contributed by atoms with Gasteiger partial charge in [0.05, 0.1) is 9.90 Å². The van der Waals surface area contributed by atoms with Crippen molar-refractivity contribution >= 4 is 34.5 Å². The molecule has 2 rings (SSSR count). The van der Waals surface area contributed by atoms with Gasteiger partial charge in [-0.2, -0.15) is 0 Å². The van der Waals surface area contributed by atoms with Gasteiger partial charge in [0.2, 0.25) is 0 Å². The van der Waals surface area contributed by atoms with Crippen molar-refractivity contribution < 1.29 is 0 Å². The molecule has 0 unspecified atom stereocenters. The summed E-state index contributed by atoms with van der Waals surface area (Å²) < 4.78 is 0. The lowest BCUT2D eigenvalue weighted by Gasteiger charge is -2.10. The number of rotatable bonds is 5. The number of hydrogen-bond acceptors (Lipinski definition) is 2. The van der Waals surface area contributed by atoms with Crippen molar-refractivity contribution in [1.82, 2.24) is 5.32 Å². The van der Waals surface area contributed by atoms with Crippen LogP contribution in [0.5, 0.6) is 0 Å². The van der Waals surface area contributed by atoms with Crippen LogP contribution in [0, 0.1) is 0 Å². The summed E-state index contributed by atoms with van der Waals surface area (Å²) in [6.07, 6.45) is 1.12. The summed E-state index contributed by atoms with van der Waals surface area (Å²) in [4.78, 5) is 1.11. The molecule has 0 saturated heterocycles. The molecule has 96 valence electrons. The topological polar surface area (TPSA) is 12.0 Å². The van der Waals surface area contributed by atoms with Gasteiger partial charge in [0.1, 0.15) is 0 Å². The van der Waals surface area contributed by atoms with Gasteiger partial charge in [-0.05, 0) is 47.7 Å². The lowest BCUT2D eigenvalue weighted by atomic mass is 10.1. The molecule has 0 saturated carbocycles. The van der Waals surface area contributed by atoms with Crippen molar-refractivity contribution in [2.75, 3.05) is 6.54 Å². The normalized spacial score (nSPS) is 10.8. The Morgan fingerprint density at radius 1 is 1.22 bits per heavy atom. The Kier molecular flexibility index (Phi) is 5.07. The second kappa shape index (κ2) is 6.58. The van der Waals surface area contributed by atoms with Crippen LogP contribution in [0.15, 0.2) is 29.6 Å². The summed E-state index contributed by atoms with van der Waals surface area (Å²) in [5.41, 5.74) is 2.36. The molecule has 1 aromatic carbocycles. The van der Waals surface area contributed by atoms with Crippen molar-refractivity contribution in [3.8, 4) is 10.4 Å². The molecule has 0 radical (unpaired) electrons. The Bertz CT molecular complexity index is 522. The maximum atomic E-state index is 6.20. The van der Waals surface area contributed by atoms with Crippen LogP contribution in [-0.2, 0) is 6.54 Å². The second-order valence-corrected chi connectivity index (χ2v) is 5.84. The van der Waals surface area contributed by atoms with Gasteiger partial charge in [0.15, 0.2) is 0 Å². The number of hydrogen-bond donors (Lipinski definition) is 1. The fraction of sp³-hybridized carbons (Fsp3) is 0.286. The highest BCUT2D eigenvalue weighted by Gasteiger charge is 2.10. The standard InChI is InChI=1S/C14H15Cl2NS/c1-2-6-17-9-10-8-11(15)3-4-12(10)14-13(16)5-7-18-14/h3-5,7-8,17H,2,6,9H2,1H3. The van der Waals surface area contributed by atoms with E-state index in [-0.39, 0.29) is 0 Å². The third-order valence-electron chi connectivity index (χ3n) is 2.67. The molecule has 1 heterocycles. The van der Waals surface area contributed by atoms with Crippen LogP contribution in [0.1, 0.15) is 18.9 Å². The first-order valence-electron chi connectivity index (χ1n) is 5.95. The van der Waals surface area contributed by atoms with Crippen LogP contribution in [0.2, 0.25) is 10.0 Å². The molecule has 0 amide bonds. The van der Waals surface area contributed by atoms with Gasteiger partial charge in [-0.1, -0.05) is 36.2 Å². The third kappa shape index (κ3) is 3.27. The van der Waals surface area contributed by atoms with E-state index < -0.39 is 0 Å². The SMILES string of the molecule is CCCNCc1cc(Cl)ccc1-c1sccc1Cl. The molecule has 18 heavy (non-hydrogen) atoms. The molecule has 1 aromatic heterocycles. The lowest BCUT2D eigenvalue weighted by molar-refractivity contribution is 0.676. The Labute approximate surface area is 122 Å². The maximum absolute atomic E-state index is 6.20. The van der Waals surface area contributed by atoms with Gasteiger partial charge in [-0.25, -0.2) is 0 Å². The smallest absolute Gasteiger partial charge is 0.0592 e. The molecule has 0 aliphatic carbocycles. The van der Waals surface area contributed by atoms with E-state index in [1.807, 2.05) is 29.6 Å². The molecule has 4 heteroatoms. The van der Waals surface area contributed by atoms with Gasteiger partial charge in [0, 0.05) is 11.6 Å². The molecule has 1 N–H and O–H groups in total. The van der Waals surface area contributed by atoms with Crippen molar-refractivity contribution in [2.45, 2.75) is 19.9 Å². The van der Waals surface area contributed by atoms with Crippen molar-refractivity contribution in [3.05, 3.63) is 45.3 Å². The van der Waals surface area contributed by atoms with E-state index >= 15 is 0 Å². The Balaban J connectivity index is 2.32. The van der Waals surface area contributed by atoms with E-state index in [4.69, 9.17) is 23.2 Å². The summed E-state index contributed by atoms with van der Waals surface area (Å²) in [6.45, 7) is 3.98. The first kappa shape index (κ1) is 13.9. The summed E-state index contributed by atoms with van der Waals surface area (Å²) in [5, 5.41) is 6.98. The monoisotopic (exact) mass is 299 g/mol. The van der Waals surface area contributed by atoms with E-state index in [0.717, 1.165) is 34.4 Å². The van der Waals surface area contributed by atoms with Crippen LogP contribution < -0.4 is 5.32 Å². The van der Waals surface area contributed by atoms with Gasteiger partial charge < -0.3 is 5.32 Å². The van der Waals surface area contributed by atoms with Crippen molar-refractivity contribution in [1.29, 1.82) is 0 Å². The fourth-order valence-electron chi connectivity index (χ4n) is 1.82. The zero-order valence-corrected chi connectivity index (χ0v) is 12.5. The van der Waals surface area contributed by atoms with Gasteiger partial charge >= 0.3 is 0 Å². The first-order chi connectivity index (χ1) is 8.72. The summed E-state index contributed by atoms with van der Waals surface area (Å²) in [7, 11) is 0. The molecule has 0 aliphatic rings. The molecule has 0 bridgehead atoms. The minimum absolute atomic E-state index is 0.764. The van der Waals surface area contributed by atoms with Gasteiger partial charge in [-0.3, -0.25) is 0 Å². The Morgan fingerprint density at radius 2 is 2.06 bits per heavy atom. The van der Waals surface area contributed by atoms with Crippen molar-refractivity contribution in [2.24, 2.45) is 0 Å². The first-order valence-corrected chi connectivity index (χ1v) is 7.58. The highest BCUT2D eigenvalue weighted by molar-refractivity contribution is 7.14. The molecule has 0 fully saturated rings. The molecular weight excluding hydrogens is 285 g/mol. The van der Waals surface area contributed by atoms with Crippen LogP contribution in [0.25, 0.3) is 10.4 Å². The van der Waals surface area contributed by atoms with E-state index in [2.05, 4.69) is 12.2 Å². The minimum Gasteiger partial charge on any atom is -0.313 e. The third-order valence-corrected chi connectivity index (χ3v) is 4.28. The number of thiophene rings is 1. The van der Waals surface area contributed by atoms with Crippen LogP contribution >= 0.6 is 34.5 Å². The largest absolute Gasteiger partial charge is 0.313 e. The zero-order chi connectivity index (χ0) is 13.0. The molecule has 0 aliphatic heterocycles. The summed E-state index contributed by atoms with van der Waals surface area (Å²) >= 11 is 13.9. The quantitative estimate of drug-likeness (QED) is 0.746. The van der Waals surface area contributed by atoms with Crippen LogP contribution in [0.4, 0.5) is 0 Å². The van der Waals surface area contributed by atoms with E-state index in [1.165, 1.54) is 11.1 Å². The average Bonchev–Trinajstić information content (AvgIpc) is 2.76. The Morgan fingerprint density at radius 3 is 2.72 bits per heavy atom. The average molecular weight is 300 g/mol. The molecule has 0 spiro atoms. The predicted molar refractivity (Wildman–Crippen MR) is 81.8 cm³/mol. The number of halogens is 2. The van der Waals surface area contributed by atoms with Gasteiger partial charge in [0.25, 0.3) is 0 Å². The lowest BCUT2D eigenvalue weighted by Crippen LogP contribution is -2.14.